The second kappa shape index (κ2) is 29.9. The summed E-state index contributed by atoms with van der Waals surface area (Å²) in [6, 6.07) is 49.9. The Morgan fingerprint density at radius 1 is 0.209 bits per heavy atom. The monoisotopic (exact) mass is 1210 g/mol. The van der Waals surface area contributed by atoms with Crippen LogP contribution in [0.25, 0.3) is 116 Å². The maximum absolute atomic E-state index is 2.69. The van der Waals surface area contributed by atoms with Gasteiger partial charge in [-0.25, -0.2) is 0 Å². The van der Waals surface area contributed by atoms with E-state index in [1.807, 2.05) is 45.3 Å². The number of unbranched alkanes of at least 4 members (excludes halogenated alkanes) is 24. The summed E-state index contributed by atoms with van der Waals surface area (Å²) in [7, 11) is 0. The van der Waals surface area contributed by atoms with Gasteiger partial charge in [-0.3, -0.25) is 0 Å². The summed E-state index contributed by atoms with van der Waals surface area (Å²) in [5.41, 5.74) is 5.69. The fourth-order valence-electron chi connectivity index (χ4n) is 14.6. The number of thiophene rings is 4. The van der Waals surface area contributed by atoms with Gasteiger partial charge in [0.15, 0.2) is 0 Å². The van der Waals surface area contributed by atoms with Crippen LogP contribution in [0.2, 0.25) is 0 Å². The van der Waals surface area contributed by atoms with Crippen molar-refractivity contribution in [1.29, 1.82) is 0 Å². The van der Waals surface area contributed by atoms with Crippen LogP contribution in [0, 0.1) is 0 Å². The first-order chi connectivity index (χ1) is 42.5. The molecule has 86 heavy (non-hydrogen) atoms. The van der Waals surface area contributed by atoms with Crippen LogP contribution in [0.4, 0.5) is 0 Å². The summed E-state index contributed by atoms with van der Waals surface area (Å²) >= 11 is 7.96. The van der Waals surface area contributed by atoms with E-state index in [0.717, 1.165) is 12.8 Å². The van der Waals surface area contributed by atoms with Gasteiger partial charge in [-0.1, -0.05) is 242 Å². The van der Waals surface area contributed by atoms with Gasteiger partial charge in [-0.15, -0.1) is 45.3 Å². The van der Waals surface area contributed by atoms with E-state index in [0.29, 0.717) is 0 Å². The Bertz CT molecular complexity index is 3830. The second-order valence-corrected chi connectivity index (χ2v) is 30.4. The van der Waals surface area contributed by atoms with Crippen LogP contribution >= 0.6 is 45.3 Å². The molecular formula is C82H96S4. The highest BCUT2D eigenvalue weighted by Crippen LogP contribution is 2.52. The molecule has 0 aliphatic carbocycles. The molecule has 12 rings (SSSR count). The Hall–Kier alpha value is -5.10. The first-order valence-electron chi connectivity index (χ1n) is 34.7. The van der Waals surface area contributed by atoms with Gasteiger partial charge in [-0.2, -0.15) is 0 Å². The van der Waals surface area contributed by atoms with E-state index < -0.39 is 0 Å². The summed E-state index contributed by atoms with van der Waals surface area (Å²) in [5, 5.41) is 20.1. The zero-order valence-electron chi connectivity index (χ0n) is 52.8. The number of hydrogen-bond acceptors (Lipinski definition) is 4. The molecule has 0 fully saturated rings. The van der Waals surface area contributed by atoms with Crippen molar-refractivity contribution < 1.29 is 0 Å². The lowest BCUT2D eigenvalue weighted by atomic mass is 9.80. The zero-order chi connectivity index (χ0) is 58.6. The minimum atomic E-state index is 1.13. The summed E-state index contributed by atoms with van der Waals surface area (Å²) < 4.78 is 0. The molecule has 4 heterocycles. The highest BCUT2D eigenvalue weighted by molar-refractivity contribution is 7.24. The Morgan fingerprint density at radius 2 is 0.500 bits per heavy atom. The van der Waals surface area contributed by atoms with Gasteiger partial charge in [0.25, 0.3) is 0 Å². The summed E-state index contributed by atoms with van der Waals surface area (Å²) in [6.07, 6.45) is 42.4. The Kier molecular flexibility index (Phi) is 21.3. The molecule has 0 saturated carbocycles. The molecule has 0 bridgehead atoms. The molecule has 0 N–H and O–H groups in total. The lowest BCUT2D eigenvalue weighted by Gasteiger charge is -2.23. The molecule has 12 aromatic rings. The van der Waals surface area contributed by atoms with Crippen molar-refractivity contribution in [2.45, 2.75) is 233 Å². The quantitative estimate of drug-likeness (QED) is 0.0209. The Balaban J connectivity index is 0.961. The van der Waals surface area contributed by atoms with Gasteiger partial charge in [0.2, 0.25) is 0 Å². The lowest BCUT2D eigenvalue weighted by Crippen LogP contribution is -1.97. The molecule has 4 heteroatoms. The normalized spacial score (nSPS) is 12.3. The number of benzene rings is 8. The minimum Gasteiger partial charge on any atom is -0.139 e. The molecule has 0 aliphatic heterocycles. The van der Waals surface area contributed by atoms with Crippen molar-refractivity contribution in [2.24, 2.45) is 0 Å². The standard InChI is InChI=1S/C82H96S4/c1-5-9-13-17-19-21-23-25-27-29-33-57-51-69-67-55-59(73-47-49-77(85-73)75-45-39-61(83-75)35-31-15-11-7-3)37-41-63(67)65-43-44-66-64-42-38-60(74-48-50-78(86-74)76-46-40-62(84-76)36-32-16-12-8-4)56-68(64)70-52-58(34-30-28-26-24-22-20-18-14-10-6-2)54-72-71(53-57)79(69)81(65)82(66)80(70)72/h37-56H,5-36H2,1-4H3. The zero-order valence-corrected chi connectivity index (χ0v) is 56.1. The average Bonchev–Trinajstić information content (AvgIpc) is 0.785. The van der Waals surface area contributed by atoms with Gasteiger partial charge < -0.3 is 0 Å². The maximum Gasteiger partial charge on any atom is 0.0449 e. The van der Waals surface area contributed by atoms with E-state index in [9.17, 15) is 0 Å². The predicted octanol–water partition coefficient (Wildman–Crippen LogP) is 28.7. The first-order valence-corrected chi connectivity index (χ1v) is 38.0. The van der Waals surface area contributed by atoms with Crippen LogP contribution in [-0.4, -0.2) is 0 Å². The fraction of sp³-hybridized carbons (Fsp3) is 0.439. The van der Waals surface area contributed by atoms with Crippen molar-refractivity contribution in [3.63, 3.8) is 0 Å². The molecule has 4 aromatic heterocycles. The topological polar surface area (TPSA) is 0 Å². The summed E-state index contributed by atoms with van der Waals surface area (Å²) in [5.74, 6) is 0. The maximum atomic E-state index is 2.69. The Labute approximate surface area is 532 Å². The molecule has 0 nitrogen and oxygen atoms in total. The van der Waals surface area contributed by atoms with Crippen molar-refractivity contribution in [1.82, 2.24) is 0 Å². The summed E-state index contributed by atoms with van der Waals surface area (Å²) in [6.45, 7) is 9.27. The van der Waals surface area contributed by atoms with Crippen LogP contribution in [0.15, 0.2) is 121 Å². The molecule has 0 atom stereocenters. The fourth-order valence-corrected chi connectivity index (χ4v) is 18.9. The first kappa shape index (κ1) is 61.2. The van der Waals surface area contributed by atoms with Crippen molar-refractivity contribution in [3.8, 4) is 40.4 Å². The van der Waals surface area contributed by atoms with Crippen molar-refractivity contribution in [2.75, 3.05) is 0 Å². The van der Waals surface area contributed by atoms with E-state index in [4.69, 9.17) is 0 Å². The highest BCUT2D eigenvalue weighted by Gasteiger charge is 2.24. The van der Waals surface area contributed by atoms with E-state index in [1.54, 1.807) is 0 Å². The molecule has 0 amide bonds. The van der Waals surface area contributed by atoms with E-state index in [2.05, 4.69) is 149 Å². The van der Waals surface area contributed by atoms with E-state index >= 15 is 0 Å². The molecule has 0 saturated heterocycles. The third kappa shape index (κ3) is 13.9. The number of aryl methyl sites for hydroxylation is 4. The SMILES string of the molecule is CCCCCCCCCCCCc1cc2c3cc(-c4ccc(-c5ccc(CCCCCC)s5)s4)ccc3c3ccc4c5ccc(-c6ccc(-c7ccc(CCCCCC)s7)s6)cc5c5cc(CCCCCCCCCCCC)cc6c(c1)c2c3c4c56. The molecule has 0 unspecified atom stereocenters. The predicted molar refractivity (Wildman–Crippen MR) is 391 cm³/mol. The molecule has 0 spiro atoms. The average molecular weight is 1210 g/mol. The molecule has 8 aromatic carbocycles. The van der Waals surface area contributed by atoms with E-state index in [-0.39, 0.29) is 0 Å². The van der Waals surface area contributed by atoms with Crippen molar-refractivity contribution >= 4 is 121 Å². The van der Waals surface area contributed by atoms with Gasteiger partial charge >= 0.3 is 0 Å². The number of fused-ring (bicyclic) bond motifs is 7. The molecule has 0 aliphatic rings. The van der Waals surface area contributed by atoms with Crippen LogP contribution < -0.4 is 0 Å². The van der Waals surface area contributed by atoms with Gasteiger partial charge in [0.1, 0.15) is 0 Å². The third-order valence-corrected chi connectivity index (χ3v) is 24.3. The van der Waals surface area contributed by atoms with Gasteiger partial charge in [-0.05, 0) is 210 Å². The largest absolute Gasteiger partial charge is 0.139 e. The number of rotatable bonds is 36. The van der Waals surface area contributed by atoms with Gasteiger partial charge in [0, 0.05) is 39.0 Å². The molecule has 448 valence electrons. The van der Waals surface area contributed by atoms with Crippen LogP contribution in [0.5, 0.6) is 0 Å². The van der Waals surface area contributed by atoms with Crippen LogP contribution in [0.1, 0.15) is 228 Å². The van der Waals surface area contributed by atoms with Crippen molar-refractivity contribution in [3.05, 3.63) is 142 Å². The third-order valence-electron chi connectivity index (χ3n) is 19.4. The molecule has 0 radical (unpaired) electrons. The lowest BCUT2D eigenvalue weighted by molar-refractivity contribution is 0.556. The highest BCUT2D eigenvalue weighted by atomic mass is 32.1. The molecular weight excluding hydrogens is 1110 g/mol. The van der Waals surface area contributed by atoms with Crippen LogP contribution in [0.3, 0.4) is 0 Å². The number of hydrogen-bond donors (Lipinski definition) is 0. The summed E-state index contributed by atoms with van der Waals surface area (Å²) in [4.78, 5) is 11.4. The Morgan fingerprint density at radius 3 is 0.884 bits per heavy atom. The van der Waals surface area contributed by atoms with E-state index in [1.165, 1.54) is 329 Å². The second-order valence-electron chi connectivity index (χ2n) is 25.9. The van der Waals surface area contributed by atoms with Gasteiger partial charge in [0.05, 0.1) is 0 Å². The smallest absolute Gasteiger partial charge is 0.0449 e. The van der Waals surface area contributed by atoms with Crippen LogP contribution in [-0.2, 0) is 25.7 Å². The minimum absolute atomic E-state index is 1.13.